The van der Waals surface area contributed by atoms with Crippen LogP contribution in [0.25, 0.3) is 11.1 Å². The maximum atomic E-state index is 10.9. The normalized spacial score (nSPS) is 9.38. The summed E-state index contributed by atoms with van der Waals surface area (Å²) in [6, 6.07) is 30.9. The van der Waals surface area contributed by atoms with Crippen LogP contribution < -0.4 is 18.9 Å². The van der Waals surface area contributed by atoms with Crippen molar-refractivity contribution in [3.8, 4) is 34.1 Å². The first-order valence-electron chi connectivity index (χ1n) is 14.5. The van der Waals surface area contributed by atoms with E-state index in [2.05, 4.69) is 26.0 Å². The minimum atomic E-state index is -0.313. The van der Waals surface area contributed by atoms with Crippen LogP contribution in [0.5, 0.6) is 23.0 Å². The molecule has 0 aliphatic rings. The van der Waals surface area contributed by atoms with Gasteiger partial charge in [0.2, 0.25) is 0 Å². The second kappa shape index (κ2) is 22.0. The summed E-state index contributed by atoms with van der Waals surface area (Å²) in [7, 11) is 3.30. The second-order valence-electron chi connectivity index (χ2n) is 9.32. The molecule has 0 unspecified atom stereocenters. The van der Waals surface area contributed by atoms with Crippen molar-refractivity contribution < 1.29 is 28.5 Å². The van der Waals surface area contributed by atoms with E-state index in [1.54, 1.807) is 26.4 Å². The fourth-order valence-corrected chi connectivity index (χ4v) is 3.94. The Hall–Kier alpha value is -4.58. The molecule has 0 spiro atoms. The van der Waals surface area contributed by atoms with Gasteiger partial charge in [-0.1, -0.05) is 105 Å². The molecule has 0 radical (unpaired) electrons. The molecule has 6 nitrogen and oxygen atoms in total. The van der Waals surface area contributed by atoms with Crippen molar-refractivity contribution in [2.75, 3.05) is 14.2 Å². The quantitative estimate of drug-likeness (QED) is 0.152. The van der Waals surface area contributed by atoms with Crippen molar-refractivity contribution in [2.45, 2.75) is 75.7 Å². The van der Waals surface area contributed by atoms with Crippen LogP contribution in [0.1, 0.15) is 81.4 Å². The maximum absolute atomic E-state index is 10.9. The van der Waals surface area contributed by atoms with Gasteiger partial charge >= 0.3 is 11.9 Å². The zero-order chi connectivity index (χ0) is 32.4. The smallest absolute Gasteiger partial charge is 0.308 e. The van der Waals surface area contributed by atoms with Gasteiger partial charge in [0.05, 0.1) is 14.2 Å². The van der Waals surface area contributed by atoms with Gasteiger partial charge in [-0.3, -0.25) is 9.59 Å². The SMILES string of the molecule is C.C.CC.CC.COc1ccc(-c2ccc(OC(C)=O)cc2)cc1.COc1ccc(C(C)(C)c2ccc(OC(C)=O)cc2)cc1. The summed E-state index contributed by atoms with van der Waals surface area (Å²) in [4.78, 5) is 21.7. The van der Waals surface area contributed by atoms with Crippen molar-refractivity contribution in [3.63, 3.8) is 0 Å². The number of ether oxygens (including phenoxy) is 4. The Bertz CT molecular complexity index is 1360. The Labute approximate surface area is 272 Å². The third kappa shape index (κ3) is 13.7. The van der Waals surface area contributed by atoms with Crippen molar-refractivity contribution in [2.24, 2.45) is 0 Å². The lowest BCUT2D eigenvalue weighted by atomic mass is 9.78. The predicted octanol–water partition coefficient (Wildman–Crippen LogP) is 10.6. The first-order valence-corrected chi connectivity index (χ1v) is 14.5. The van der Waals surface area contributed by atoms with Crippen LogP contribution in [0.15, 0.2) is 97.1 Å². The number of hydrogen-bond acceptors (Lipinski definition) is 6. The molecule has 0 N–H and O–H groups in total. The average Bonchev–Trinajstić information content (AvgIpc) is 3.03. The minimum Gasteiger partial charge on any atom is -0.497 e. The molecule has 0 saturated carbocycles. The maximum Gasteiger partial charge on any atom is 0.308 e. The first kappa shape index (κ1) is 42.6. The molecule has 0 aromatic heterocycles. The summed E-state index contributed by atoms with van der Waals surface area (Å²) in [6.45, 7) is 15.1. The average molecular weight is 619 g/mol. The lowest BCUT2D eigenvalue weighted by Crippen LogP contribution is -2.18. The van der Waals surface area contributed by atoms with Crippen LogP contribution in [0.4, 0.5) is 0 Å². The third-order valence-electron chi connectivity index (χ3n) is 6.19. The number of carbonyl (C=O) groups is 2. The minimum absolute atomic E-state index is 0. The van der Waals surface area contributed by atoms with E-state index in [1.807, 2.05) is 100 Å². The molecule has 6 heteroatoms. The Balaban J connectivity index is 0. The number of methoxy groups -OCH3 is 2. The molecule has 0 fully saturated rings. The van der Waals surface area contributed by atoms with Gasteiger partial charge in [0.15, 0.2) is 0 Å². The molecule has 0 saturated heterocycles. The van der Waals surface area contributed by atoms with Crippen molar-refractivity contribution in [1.82, 2.24) is 0 Å². The summed E-state index contributed by atoms with van der Waals surface area (Å²) >= 11 is 0. The van der Waals surface area contributed by atoms with Crippen LogP contribution in [0.3, 0.4) is 0 Å². The molecule has 4 rings (SSSR count). The van der Waals surface area contributed by atoms with Gasteiger partial charge < -0.3 is 18.9 Å². The van der Waals surface area contributed by atoms with Gasteiger partial charge in [-0.15, -0.1) is 0 Å². The Kier molecular flexibility index (Phi) is 20.8. The molecule has 0 heterocycles. The van der Waals surface area contributed by atoms with Gasteiger partial charge in [-0.05, 0) is 70.8 Å². The fourth-order valence-electron chi connectivity index (χ4n) is 3.94. The van der Waals surface area contributed by atoms with Crippen LogP contribution in [0.2, 0.25) is 0 Å². The standard InChI is InChI=1S/C18H20O3.C15H14O3.2C2H6.2CH4/c1-13(19)21-17-11-7-15(8-12-17)18(2,3)14-5-9-16(20-4)10-6-14;1-11(16)18-15-9-5-13(6-10-15)12-3-7-14(17-2)8-4-12;2*1-2;;/h5-12H,1-4H3;3-10H,1-2H3;2*1-2H3;2*1H4. The van der Waals surface area contributed by atoms with Crippen LogP contribution in [-0.4, -0.2) is 26.2 Å². The lowest BCUT2D eigenvalue weighted by molar-refractivity contribution is -0.132. The highest BCUT2D eigenvalue weighted by molar-refractivity contribution is 5.70. The van der Waals surface area contributed by atoms with Crippen molar-refractivity contribution in [3.05, 3.63) is 108 Å². The van der Waals surface area contributed by atoms with Gasteiger partial charge in [-0.2, -0.15) is 0 Å². The van der Waals surface area contributed by atoms with E-state index >= 15 is 0 Å². The molecular formula is C39H54O6. The van der Waals surface area contributed by atoms with Crippen molar-refractivity contribution in [1.29, 1.82) is 0 Å². The topological polar surface area (TPSA) is 71.1 Å². The molecule has 45 heavy (non-hydrogen) atoms. The second-order valence-corrected chi connectivity index (χ2v) is 9.32. The van der Waals surface area contributed by atoms with Gasteiger partial charge in [0, 0.05) is 19.3 Å². The first-order chi connectivity index (χ1) is 20.6. The highest BCUT2D eigenvalue weighted by Gasteiger charge is 2.23. The molecule has 4 aromatic rings. The molecule has 246 valence electrons. The number of rotatable bonds is 7. The van der Waals surface area contributed by atoms with Crippen LogP contribution in [-0.2, 0) is 15.0 Å². The Morgan fingerprint density at radius 1 is 0.467 bits per heavy atom. The predicted molar refractivity (Wildman–Crippen MR) is 189 cm³/mol. The number of esters is 2. The monoisotopic (exact) mass is 618 g/mol. The molecule has 0 bridgehead atoms. The van der Waals surface area contributed by atoms with Gasteiger partial charge in [-0.25, -0.2) is 0 Å². The molecule has 0 atom stereocenters. The summed E-state index contributed by atoms with van der Waals surface area (Å²) in [5.41, 5.74) is 4.37. The van der Waals surface area contributed by atoms with E-state index in [9.17, 15) is 9.59 Å². The molecular weight excluding hydrogens is 564 g/mol. The highest BCUT2D eigenvalue weighted by Crippen LogP contribution is 2.33. The number of hydrogen-bond donors (Lipinski definition) is 0. The highest BCUT2D eigenvalue weighted by atomic mass is 16.5. The molecule has 4 aromatic carbocycles. The summed E-state index contributed by atoms with van der Waals surface area (Å²) in [6.07, 6.45) is 0. The fraction of sp³-hybridized carbons (Fsp3) is 0.333. The third-order valence-corrected chi connectivity index (χ3v) is 6.19. The summed E-state index contributed by atoms with van der Waals surface area (Å²) in [5.74, 6) is 2.18. The van der Waals surface area contributed by atoms with Gasteiger partial charge in [0.25, 0.3) is 0 Å². The number of benzene rings is 4. The molecule has 0 aliphatic carbocycles. The zero-order valence-corrected chi connectivity index (χ0v) is 27.2. The lowest BCUT2D eigenvalue weighted by Gasteiger charge is -2.26. The van der Waals surface area contributed by atoms with Crippen LogP contribution in [0, 0.1) is 0 Å². The summed E-state index contributed by atoms with van der Waals surface area (Å²) in [5, 5.41) is 0. The largest absolute Gasteiger partial charge is 0.497 e. The Morgan fingerprint density at radius 2 is 0.711 bits per heavy atom. The van der Waals surface area contributed by atoms with E-state index in [-0.39, 0.29) is 32.2 Å². The van der Waals surface area contributed by atoms with Crippen molar-refractivity contribution >= 4 is 11.9 Å². The number of carbonyl (C=O) groups excluding carboxylic acids is 2. The van der Waals surface area contributed by atoms with E-state index < -0.39 is 0 Å². The zero-order valence-electron chi connectivity index (χ0n) is 27.2. The molecule has 0 aliphatic heterocycles. The Morgan fingerprint density at radius 3 is 0.978 bits per heavy atom. The van der Waals surface area contributed by atoms with E-state index in [0.29, 0.717) is 11.5 Å². The van der Waals surface area contributed by atoms with Gasteiger partial charge in [0.1, 0.15) is 23.0 Å². The van der Waals surface area contributed by atoms with E-state index in [4.69, 9.17) is 18.9 Å². The summed E-state index contributed by atoms with van der Waals surface area (Å²) < 4.78 is 20.3. The van der Waals surface area contributed by atoms with E-state index in [0.717, 1.165) is 28.2 Å². The molecule has 0 amide bonds. The van der Waals surface area contributed by atoms with E-state index in [1.165, 1.54) is 19.4 Å². The van der Waals surface area contributed by atoms with Crippen LogP contribution >= 0.6 is 0 Å².